The molecule has 0 unspecified atom stereocenters. The number of benzene rings is 1. The summed E-state index contributed by atoms with van der Waals surface area (Å²) in [5, 5.41) is 6.75. The molecular formula is C19H22N2O4S. The minimum Gasteiger partial charge on any atom is -0.463 e. The van der Waals surface area contributed by atoms with Crippen molar-refractivity contribution in [1.82, 2.24) is 5.16 Å². The molecule has 0 bridgehead atoms. The Morgan fingerprint density at radius 2 is 2.00 bits per heavy atom. The summed E-state index contributed by atoms with van der Waals surface area (Å²) in [7, 11) is 0. The molecule has 1 heterocycles. The van der Waals surface area contributed by atoms with Gasteiger partial charge in [-0.25, -0.2) is 4.79 Å². The maximum atomic E-state index is 12.0. The maximum absolute atomic E-state index is 12.0. The number of hydrogen-bond donors (Lipinski definition) is 1. The maximum Gasteiger partial charge on any atom is 0.330 e. The van der Waals surface area contributed by atoms with E-state index in [0.717, 1.165) is 22.6 Å². The zero-order chi connectivity index (χ0) is 18.9. The number of aromatic nitrogens is 1. The number of hydrogen-bond acceptors (Lipinski definition) is 6. The van der Waals surface area contributed by atoms with Crippen LogP contribution in [0, 0.1) is 13.8 Å². The molecule has 1 N–H and O–H groups in total. The summed E-state index contributed by atoms with van der Waals surface area (Å²) >= 11 is 1.51. The summed E-state index contributed by atoms with van der Waals surface area (Å²) in [6.45, 7) is 5.87. The molecule has 1 aromatic carbocycles. The summed E-state index contributed by atoms with van der Waals surface area (Å²) in [5.41, 5.74) is 3.47. The first-order valence-corrected chi connectivity index (χ1v) is 9.39. The van der Waals surface area contributed by atoms with Gasteiger partial charge in [0.15, 0.2) is 0 Å². The van der Waals surface area contributed by atoms with Gasteiger partial charge in [0.2, 0.25) is 5.91 Å². The van der Waals surface area contributed by atoms with Crippen LogP contribution in [0.3, 0.4) is 0 Å². The van der Waals surface area contributed by atoms with Gasteiger partial charge in [0.1, 0.15) is 5.76 Å². The van der Waals surface area contributed by atoms with Crippen molar-refractivity contribution in [2.75, 3.05) is 17.7 Å². The first-order chi connectivity index (χ1) is 12.5. The van der Waals surface area contributed by atoms with Crippen LogP contribution in [0.2, 0.25) is 0 Å². The topological polar surface area (TPSA) is 81.4 Å². The Labute approximate surface area is 157 Å². The largest absolute Gasteiger partial charge is 0.463 e. The molecule has 0 saturated carbocycles. The summed E-state index contributed by atoms with van der Waals surface area (Å²) in [4.78, 5) is 23.3. The molecule has 2 aromatic rings. The fourth-order valence-corrected chi connectivity index (χ4v) is 3.16. The lowest BCUT2D eigenvalue weighted by atomic mass is 10.2. The van der Waals surface area contributed by atoms with Crippen LogP contribution in [0.25, 0.3) is 6.08 Å². The van der Waals surface area contributed by atoms with Crippen LogP contribution in [0.1, 0.15) is 29.5 Å². The fraction of sp³-hybridized carbons (Fsp3) is 0.316. The molecule has 6 nitrogen and oxygen atoms in total. The lowest BCUT2D eigenvalue weighted by molar-refractivity contribution is -0.137. The number of amides is 1. The van der Waals surface area contributed by atoms with Gasteiger partial charge in [-0.05, 0) is 44.5 Å². The van der Waals surface area contributed by atoms with E-state index in [1.165, 1.54) is 17.8 Å². The van der Waals surface area contributed by atoms with Crippen molar-refractivity contribution in [3.8, 4) is 0 Å². The number of esters is 1. The highest BCUT2D eigenvalue weighted by Crippen LogP contribution is 2.19. The van der Waals surface area contributed by atoms with E-state index < -0.39 is 0 Å². The van der Waals surface area contributed by atoms with E-state index in [0.29, 0.717) is 23.8 Å². The van der Waals surface area contributed by atoms with Gasteiger partial charge >= 0.3 is 5.97 Å². The van der Waals surface area contributed by atoms with Crippen LogP contribution in [0.15, 0.2) is 34.9 Å². The van der Waals surface area contributed by atoms with Crippen molar-refractivity contribution in [3.05, 3.63) is 52.9 Å². The lowest BCUT2D eigenvalue weighted by Gasteiger charge is -2.05. The third-order valence-corrected chi connectivity index (χ3v) is 4.51. The van der Waals surface area contributed by atoms with E-state index in [2.05, 4.69) is 10.5 Å². The molecule has 2 rings (SSSR count). The zero-order valence-corrected chi connectivity index (χ0v) is 15.9. The summed E-state index contributed by atoms with van der Waals surface area (Å²) in [5.74, 6) is 1.37. The van der Waals surface area contributed by atoms with E-state index in [9.17, 15) is 9.59 Å². The smallest absolute Gasteiger partial charge is 0.330 e. The van der Waals surface area contributed by atoms with Crippen LogP contribution in [-0.4, -0.2) is 29.4 Å². The van der Waals surface area contributed by atoms with Crippen LogP contribution in [-0.2, 0) is 20.1 Å². The van der Waals surface area contributed by atoms with Crippen LogP contribution < -0.4 is 5.32 Å². The summed E-state index contributed by atoms with van der Waals surface area (Å²) in [6.07, 6.45) is 3.05. The van der Waals surface area contributed by atoms with E-state index in [-0.39, 0.29) is 11.9 Å². The fourth-order valence-electron chi connectivity index (χ4n) is 2.18. The highest BCUT2D eigenvalue weighted by atomic mass is 32.2. The van der Waals surface area contributed by atoms with Crippen molar-refractivity contribution in [3.63, 3.8) is 0 Å². The molecule has 0 aliphatic carbocycles. The third-order valence-electron chi connectivity index (χ3n) is 3.55. The Kier molecular flexibility index (Phi) is 7.47. The molecule has 0 radical (unpaired) electrons. The van der Waals surface area contributed by atoms with Gasteiger partial charge in [0.05, 0.1) is 18.1 Å². The van der Waals surface area contributed by atoms with Gasteiger partial charge in [-0.2, -0.15) is 0 Å². The van der Waals surface area contributed by atoms with E-state index in [4.69, 9.17) is 9.26 Å². The SMILES string of the molecule is CCOC(=O)/C=C/c1ccc(NC(=O)CSCc2c(C)noc2C)cc1. The molecule has 1 aromatic heterocycles. The van der Waals surface area contributed by atoms with Gasteiger partial charge < -0.3 is 14.6 Å². The van der Waals surface area contributed by atoms with Crippen molar-refractivity contribution >= 4 is 35.4 Å². The molecule has 0 fully saturated rings. The Morgan fingerprint density at radius 1 is 1.27 bits per heavy atom. The highest BCUT2D eigenvalue weighted by Gasteiger charge is 2.10. The molecular weight excluding hydrogens is 352 g/mol. The average Bonchev–Trinajstić information content (AvgIpc) is 2.93. The summed E-state index contributed by atoms with van der Waals surface area (Å²) < 4.78 is 9.93. The van der Waals surface area contributed by atoms with E-state index in [1.54, 1.807) is 25.1 Å². The zero-order valence-electron chi connectivity index (χ0n) is 15.1. The summed E-state index contributed by atoms with van der Waals surface area (Å²) in [6, 6.07) is 7.23. The molecule has 7 heteroatoms. The Hall–Kier alpha value is -2.54. The Balaban J connectivity index is 1.79. The van der Waals surface area contributed by atoms with Crippen molar-refractivity contribution in [2.24, 2.45) is 0 Å². The minimum absolute atomic E-state index is 0.0726. The van der Waals surface area contributed by atoms with Crippen molar-refractivity contribution in [1.29, 1.82) is 0 Å². The van der Waals surface area contributed by atoms with Crippen LogP contribution >= 0.6 is 11.8 Å². The molecule has 0 saturated heterocycles. The first kappa shape index (κ1) is 19.8. The number of nitrogens with one attached hydrogen (secondary N) is 1. The molecule has 138 valence electrons. The van der Waals surface area contributed by atoms with Gasteiger partial charge in [0, 0.05) is 23.1 Å². The predicted octanol–water partition coefficient (Wildman–Crippen LogP) is 3.74. The Morgan fingerprint density at radius 3 is 2.62 bits per heavy atom. The molecule has 0 aliphatic rings. The molecule has 1 amide bonds. The average molecular weight is 374 g/mol. The number of anilines is 1. The number of carbonyl (C=O) groups excluding carboxylic acids is 2. The number of nitrogens with zero attached hydrogens (tertiary/aromatic N) is 1. The third kappa shape index (κ3) is 6.07. The highest BCUT2D eigenvalue weighted by molar-refractivity contribution is 7.99. The molecule has 0 atom stereocenters. The number of aryl methyl sites for hydroxylation is 2. The lowest BCUT2D eigenvalue weighted by Crippen LogP contribution is -2.14. The monoisotopic (exact) mass is 374 g/mol. The second-order valence-corrected chi connectivity index (χ2v) is 6.54. The molecule has 26 heavy (non-hydrogen) atoms. The predicted molar refractivity (Wildman–Crippen MR) is 103 cm³/mol. The van der Waals surface area contributed by atoms with Crippen LogP contribution in [0.4, 0.5) is 5.69 Å². The number of ether oxygens (including phenoxy) is 1. The van der Waals surface area contributed by atoms with Gasteiger partial charge in [-0.15, -0.1) is 11.8 Å². The normalized spacial score (nSPS) is 10.9. The molecule has 0 spiro atoms. The van der Waals surface area contributed by atoms with Crippen LogP contribution in [0.5, 0.6) is 0 Å². The number of thioether (sulfide) groups is 1. The van der Waals surface area contributed by atoms with Crippen molar-refractivity contribution in [2.45, 2.75) is 26.5 Å². The van der Waals surface area contributed by atoms with Gasteiger partial charge in [-0.3, -0.25) is 4.79 Å². The van der Waals surface area contributed by atoms with E-state index in [1.807, 2.05) is 26.0 Å². The second kappa shape index (κ2) is 9.82. The standard InChI is InChI=1S/C19H22N2O4S/c1-4-24-19(23)10-7-15-5-8-16(9-6-15)20-18(22)12-26-11-17-13(2)21-25-14(17)3/h5-10H,4,11-12H2,1-3H3,(H,20,22)/b10-7+. The number of rotatable bonds is 8. The van der Waals surface area contributed by atoms with Gasteiger partial charge in [-0.1, -0.05) is 17.3 Å². The minimum atomic E-state index is -0.375. The van der Waals surface area contributed by atoms with E-state index >= 15 is 0 Å². The first-order valence-electron chi connectivity index (χ1n) is 8.23. The quantitative estimate of drug-likeness (QED) is 0.560. The molecule has 0 aliphatic heterocycles. The van der Waals surface area contributed by atoms with Crippen molar-refractivity contribution < 1.29 is 18.8 Å². The van der Waals surface area contributed by atoms with Gasteiger partial charge in [0.25, 0.3) is 0 Å². The Bertz CT molecular complexity index is 762. The second-order valence-electron chi connectivity index (χ2n) is 5.55. The number of carbonyl (C=O) groups is 2.